The molecule has 1 atom stereocenters. The highest BCUT2D eigenvalue weighted by atomic mass is 16.5. The van der Waals surface area contributed by atoms with Crippen LogP contribution in [0.1, 0.15) is 48.9 Å². The number of nitrogens with zero attached hydrogens (tertiary/aromatic N) is 1. The van der Waals surface area contributed by atoms with Gasteiger partial charge in [-0.1, -0.05) is 38.1 Å². The van der Waals surface area contributed by atoms with E-state index >= 15 is 0 Å². The topological polar surface area (TPSA) is 33.7 Å². The molecule has 1 unspecified atom stereocenters. The van der Waals surface area contributed by atoms with Gasteiger partial charge in [0.2, 0.25) is 0 Å². The molecule has 1 aliphatic heterocycles. The van der Waals surface area contributed by atoms with Crippen LogP contribution in [0.3, 0.4) is 0 Å². The summed E-state index contributed by atoms with van der Waals surface area (Å²) in [5.74, 6) is 2.24. The molecule has 0 saturated carbocycles. The first-order valence-electron chi connectivity index (χ1n) is 9.90. The fourth-order valence-corrected chi connectivity index (χ4v) is 3.82. The van der Waals surface area contributed by atoms with Crippen LogP contribution in [0, 0.1) is 0 Å². The van der Waals surface area contributed by atoms with E-state index in [-0.39, 0.29) is 6.04 Å². The van der Waals surface area contributed by atoms with Gasteiger partial charge in [-0.25, -0.2) is 0 Å². The molecule has 2 aromatic rings. The van der Waals surface area contributed by atoms with Gasteiger partial charge in [0.05, 0.1) is 20.3 Å². The minimum atomic E-state index is 0.173. The standard InChI is InChI=1S/C23H32N2O2/c1-17(2)18-6-8-19(9-7-18)23(25-14-5-12-24-13-15-25)21-11-10-20(26-3)16-22(21)27-4/h6-11,16-17,23-24H,5,12-15H2,1-4H3. The number of hydrogen-bond donors (Lipinski definition) is 1. The lowest BCUT2D eigenvalue weighted by Gasteiger charge is -2.32. The van der Waals surface area contributed by atoms with E-state index in [1.165, 1.54) is 16.7 Å². The Morgan fingerprint density at radius 2 is 1.63 bits per heavy atom. The van der Waals surface area contributed by atoms with E-state index in [0.717, 1.165) is 44.1 Å². The van der Waals surface area contributed by atoms with Gasteiger partial charge in [-0.2, -0.15) is 0 Å². The average Bonchev–Trinajstić information content (AvgIpc) is 2.98. The summed E-state index contributed by atoms with van der Waals surface area (Å²) in [6.45, 7) is 8.65. The number of benzene rings is 2. The molecule has 4 heteroatoms. The van der Waals surface area contributed by atoms with E-state index < -0.39 is 0 Å². The average molecular weight is 369 g/mol. The largest absolute Gasteiger partial charge is 0.497 e. The van der Waals surface area contributed by atoms with Gasteiger partial charge in [0, 0.05) is 31.3 Å². The molecule has 1 aliphatic rings. The predicted molar refractivity (Wildman–Crippen MR) is 111 cm³/mol. The SMILES string of the molecule is COc1ccc(C(c2ccc(C(C)C)cc2)N2CCCNCC2)c(OC)c1. The Bertz CT molecular complexity index is 720. The van der Waals surface area contributed by atoms with Crippen LogP contribution >= 0.6 is 0 Å². The lowest BCUT2D eigenvalue weighted by molar-refractivity contribution is 0.236. The molecule has 0 aliphatic carbocycles. The van der Waals surface area contributed by atoms with Gasteiger partial charge in [0.1, 0.15) is 11.5 Å². The summed E-state index contributed by atoms with van der Waals surface area (Å²) in [5, 5.41) is 3.51. The van der Waals surface area contributed by atoms with E-state index in [1.54, 1.807) is 14.2 Å². The number of nitrogens with one attached hydrogen (secondary N) is 1. The molecule has 3 rings (SSSR count). The normalized spacial score (nSPS) is 16.8. The first-order chi connectivity index (χ1) is 13.1. The van der Waals surface area contributed by atoms with Crippen molar-refractivity contribution < 1.29 is 9.47 Å². The maximum absolute atomic E-state index is 5.75. The Labute approximate surface area is 163 Å². The number of methoxy groups -OCH3 is 2. The van der Waals surface area contributed by atoms with Gasteiger partial charge in [-0.15, -0.1) is 0 Å². The Kier molecular flexibility index (Phi) is 6.75. The molecule has 0 aromatic heterocycles. The highest BCUT2D eigenvalue weighted by Gasteiger charge is 2.26. The second kappa shape index (κ2) is 9.25. The fourth-order valence-electron chi connectivity index (χ4n) is 3.82. The third-order valence-electron chi connectivity index (χ3n) is 5.39. The van der Waals surface area contributed by atoms with Crippen LogP contribution in [0.25, 0.3) is 0 Å². The van der Waals surface area contributed by atoms with Crippen molar-refractivity contribution in [3.8, 4) is 11.5 Å². The van der Waals surface area contributed by atoms with Crippen molar-refractivity contribution in [1.82, 2.24) is 10.2 Å². The molecule has 146 valence electrons. The quantitative estimate of drug-likeness (QED) is 0.828. The van der Waals surface area contributed by atoms with Crippen molar-refractivity contribution in [2.45, 2.75) is 32.2 Å². The summed E-state index contributed by atoms with van der Waals surface area (Å²) in [6.07, 6.45) is 1.15. The second-order valence-electron chi connectivity index (χ2n) is 7.47. The molecule has 0 bridgehead atoms. The van der Waals surface area contributed by atoms with Crippen molar-refractivity contribution >= 4 is 0 Å². The maximum atomic E-state index is 5.75. The molecule has 0 radical (unpaired) electrons. The first-order valence-corrected chi connectivity index (χ1v) is 9.90. The van der Waals surface area contributed by atoms with E-state index in [2.05, 4.69) is 54.4 Å². The van der Waals surface area contributed by atoms with E-state index in [0.29, 0.717) is 5.92 Å². The Balaban J connectivity index is 2.04. The van der Waals surface area contributed by atoms with Crippen molar-refractivity contribution in [3.05, 3.63) is 59.2 Å². The highest BCUT2D eigenvalue weighted by molar-refractivity contribution is 5.46. The van der Waals surface area contributed by atoms with Crippen LogP contribution in [0.2, 0.25) is 0 Å². The van der Waals surface area contributed by atoms with Gasteiger partial charge in [0.15, 0.2) is 0 Å². The number of rotatable bonds is 6. The van der Waals surface area contributed by atoms with Gasteiger partial charge in [0.25, 0.3) is 0 Å². The van der Waals surface area contributed by atoms with Crippen LogP contribution in [0.4, 0.5) is 0 Å². The molecule has 0 spiro atoms. The summed E-state index contributed by atoms with van der Waals surface area (Å²) in [6, 6.07) is 15.4. The summed E-state index contributed by atoms with van der Waals surface area (Å²) < 4.78 is 11.2. The Morgan fingerprint density at radius 1 is 0.889 bits per heavy atom. The van der Waals surface area contributed by atoms with E-state index in [9.17, 15) is 0 Å². The lowest BCUT2D eigenvalue weighted by Crippen LogP contribution is -2.33. The number of ether oxygens (including phenoxy) is 2. The molecular weight excluding hydrogens is 336 g/mol. The van der Waals surface area contributed by atoms with E-state index in [4.69, 9.17) is 9.47 Å². The molecule has 1 saturated heterocycles. The molecule has 1 N–H and O–H groups in total. The molecule has 27 heavy (non-hydrogen) atoms. The van der Waals surface area contributed by atoms with Crippen LogP contribution in [0.5, 0.6) is 11.5 Å². The monoisotopic (exact) mass is 368 g/mol. The molecule has 0 amide bonds. The van der Waals surface area contributed by atoms with Crippen molar-refractivity contribution in [2.75, 3.05) is 40.4 Å². The van der Waals surface area contributed by atoms with Crippen molar-refractivity contribution in [1.29, 1.82) is 0 Å². The third-order valence-corrected chi connectivity index (χ3v) is 5.39. The van der Waals surface area contributed by atoms with Crippen LogP contribution < -0.4 is 14.8 Å². The van der Waals surface area contributed by atoms with Crippen LogP contribution in [-0.2, 0) is 0 Å². The zero-order valence-corrected chi connectivity index (χ0v) is 17.0. The number of hydrogen-bond acceptors (Lipinski definition) is 4. The Morgan fingerprint density at radius 3 is 2.30 bits per heavy atom. The van der Waals surface area contributed by atoms with E-state index in [1.807, 2.05) is 12.1 Å². The highest BCUT2D eigenvalue weighted by Crippen LogP contribution is 2.37. The molecule has 4 nitrogen and oxygen atoms in total. The summed E-state index contributed by atoms with van der Waals surface area (Å²) >= 11 is 0. The van der Waals surface area contributed by atoms with Crippen molar-refractivity contribution in [3.63, 3.8) is 0 Å². The first kappa shape index (κ1) is 19.7. The second-order valence-corrected chi connectivity index (χ2v) is 7.47. The van der Waals surface area contributed by atoms with Gasteiger partial charge < -0.3 is 14.8 Å². The molecule has 1 heterocycles. The maximum Gasteiger partial charge on any atom is 0.127 e. The molecule has 1 fully saturated rings. The smallest absolute Gasteiger partial charge is 0.127 e. The Hall–Kier alpha value is -2.04. The summed E-state index contributed by atoms with van der Waals surface area (Å²) in [4.78, 5) is 2.56. The van der Waals surface area contributed by atoms with Crippen LogP contribution in [-0.4, -0.2) is 45.3 Å². The third kappa shape index (κ3) is 4.63. The van der Waals surface area contributed by atoms with Crippen LogP contribution in [0.15, 0.2) is 42.5 Å². The summed E-state index contributed by atoms with van der Waals surface area (Å²) in [7, 11) is 3.43. The van der Waals surface area contributed by atoms with Crippen molar-refractivity contribution in [2.24, 2.45) is 0 Å². The zero-order valence-electron chi connectivity index (χ0n) is 17.0. The van der Waals surface area contributed by atoms with Gasteiger partial charge in [-0.3, -0.25) is 4.90 Å². The zero-order chi connectivity index (χ0) is 19.2. The van der Waals surface area contributed by atoms with Gasteiger partial charge >= 0.3 is 0 Å². The summed E-state index contributed by atoms with van der Waals surface area (Å²) in [5.41, 5.74) is 3.87. The fraction of sp³-hybridized carbons (Fsp3) is 0.478. The molecule has 2 aromatic carbocycles. The molecular formula is C23H32N2O2. The van der Waals surface area contributed by atoms with Gasteiger partial charge in [-0.05, 0) is 42.1 Å². The minimum Gasteiger partial charge on any atom is -0.497 e. The minimum absolute atomic E-state index is 0.173. The predicted octanol–water partition coefficient (Wildman–Crippen LogP) is 4.21. The lowest BCUT2D eigenvalue weighted by atomic mass is 9.93.